The fraction of sp³-hybridized carbons (Fsp3) is 0.235. The van der Waals surface area contributed by atoms with Crippen LogP contribution in [0.1, 0.15) is 6.42 Å². The first-order valence-electron chi connectivity index (χ1n) is 7.33. The van der Waals surface area contributed by atoms with Crippen LogP contribution in [0.25, 0.3) is 0 Å². The number of para-hydroxylation sites is 2. The highest BCUT2D eigenvalue weighted by Gasteiger charge is 2.35. The first kappa shape index (κ1) is 15.0. The van der Waals surface area contributed by atoms with Gasteiger partial charge in [0, 0.05) is 19.2 Å². The molecule has 0 radical (unpaired) electrons. The summed E-state index contributed by atoms with van der Waals surface area (Å²) in [5.74, 6) is -0.0608. The summed E-state index contributed by atoms with van der Waals surface area (Å²) in [6.07, 6.45) is 3.46. The van der Waals surface area contributed by atoms with Gasteiger partial charge >= 0.3 is 0 Å². The number of hydrogen-bond donors (Lipinski definition) is 1. The van der Waals surface area contributed by atoms with Crippen LogP contribution in [0.5, 0.6) is 5.75 Å². The molecular formula is C17H17N3O3. The summed E-state index contributed by atoms with van der Waals surface area (Å²) in [6, 6.07) is 10.8. The second-order valence-corrected chi connectivity index (χ2v) is 5.31. The Bertz CT molecular complexity index is 718. The molecule has 1 aliphatic rings. The van der Waals surface area contributed by atoms with Gasteiger partial charge in [0.2, 0.25) is 11.8 Å². The third-order valence-corrected chi connectivity index (χ3v) is 3.82. The minimum Gasteiger partial charge on any atom is -0.495 e. The van der Waals surface area contributed by atoms with Crippen LogP contribution >= 0.6 is 0 Å². The van der Waals surface area contributed by atoms with E-state index in [9.17, 15) is 9.59 Å². The molecule has 1 unspecified atom stereocenters. The zero-order chi connectivity index (χ0) is 16.2. The minimum atomic E-state index is -0.396. The highest BCUT2D eigenvalue weighted by Crippen LogP contribution is 2.27. The second-order valence-electron chi connectivity index (χ2n) is 5.31. The maximum Gasteiger partial charge on any atom is 0.229 e. The molecule has 3 rings (SSSR count). The number of nitrogens with zero attached hydrogens (tertiary/aromatic N) is 2. The average molecular weight is 311 g/mol. The summed E-state index contributed by atoms with van der Waals surface area (Å²) in [7, 11) is 1.55. The lowest BCUT2D eigenvalue weighted by molar-refractivity contribution is -0.122. The number of amides is 2. The van der Waals surface area contributed by atoms with Gasteiger partial charge in [-0.05, 0) is 24.3 Å². The van der Waals surface area contributed by atoms with Crippen molar-refractivity contribution in [3.05, 3.63) is 48.8 Å². The Morgan fingerprint density at radius 3 is 2.87 bits per heavy atom. The van der Waals surface area contributed by atoms with Gasteiger partial charge in [-0.1, -0.05) is 12.1 Å². The summed E-state index contributed by atoms with van der Waals surface area (Å²) in [5.41, 5.74) is 1.32. The molecule has 2 amide bonds. The molecule has 0 aliphatic carbocycles. The first-order valence-corrected chi connectivity index (χ1v) is 7.33. The van der Waals surface area contributed by atoms with Gasteiger partial charge in [-0.2, -0.15) is 0 Å². The Morgan fingerprint density at radius 1 is 1.30 bits per heavy atom. The normalized spacial score (nSPS) is 17.2. The number of pyridine rings is 1. The predicted octanol–water partition coefficient (Wildman–Crippen LogP) is 2.08. The van der Waals surface area contributed by atoms with Gasteiger partial charge < -0.3 is 15.0 Å². The molecule has 118 valence electrons. The summed E-state index contributed by atoms with van der Waals surface area (Å²) in [4.78, 5) is 30.2. The van der Waals surface area contributed by atoms with Gasteiger partial charge in [-0.25, -0.2) is 0 Å². The van der Waals surface area contributed by atoms with E-state index in [0.717, 1.165) is 0 Å². The highest BCUT2D eigenvalue weighted by molar-refractivity contribution is 6.03. The van der Waals surface area contributed by atoms with Crippen LogP contribution in [0.4, 0.5) is 11.4 Å². The Hall–Kier alpha value is -2.89. The number of methoxy groups -OCH3 is 1. The molecule has 2 heterocycles. The van der Waals surface area contributed by atoms with E-state index in [2.05, 4.69) is 10.3 Å². The van der Waals surface area contributed by atoms with Crippen molar-refractivity contribution >= 4 is 23.2 Å². The van der Waals surface area contributed by atoms with Crippen molar-refractivity contribution in [1.29, 1.82) is 0 Å². The van der Waals surface area contributed by atoms with Gasteiger partial charge in [0.05, 0.1) is 30.6 Å². The lowest BCUT2D eigenvalue weighted by atomic mass is 10.1. The zero-order valence-corrected chi connectivity index (χ0v) is 12.7. The number of ether oxygens (including phenoxy) is 1. The number of anilines is 2. The average Bonchev–Trinajstić information content (AvgIpc) is 2.98. The largest absolute Gasteiger partial charge is 0.495 e. The van der Waals surface area contributed by atoms with Gasteiger partial charge in [-0.15, -0.1) is 0 Å². The molecule has 1 saturated heterocycles. The van der Waals surface area contributed by atoms with Crippen LogP contribution in [-0.2, 0) is 9.59 Å². The minimum absolute atomic E-state index is 0.0711. The van der Waals surface area contributed by atoms with E-state index < -0.39 is 5.92 Å². The van der Waals surface area contributed by atoms with E-state index in [0.29, 0.717) is 23.7 Å². The Labute approximate surface area is 134 Å². The van der Waals surface area contributed by atoms with Crippen molar-refractivity contribution in [1.82, 2.24) is 4.98 Å². The monoisotopic (exact) mass is 311 g/mol. The Balaban J connectivity index is 1.71. The van der Waals surface area contributed by atoms with E-state index in [1.165, 1.54) is 0 Å². The van der Waals surface area contributed by atoms with Crippen molar-refractivity contribution in [2.24, 2.45) is 5.92 Å². The molecule has 1 aromatic heterocycles. The van der Waals surface area contributed by atoms with Crippen LogP contribution in [0.2, 0.25) is 0 Å². The summed E-state index contributed by atoms with van der Waals surface area (Å²) in [6.45, 7) is 0.353. The molecule has 23 heavy (non-hydrogen) atoms. The van der Waals surface area contributed by atoms with Crippen LogP contribution in [-0.4, -0.2) is 30.5 Å². The van der Waals surface area contributed by atoms with Crippen LogP contribution in [0, 0.1) is 5.92 Å². The van der Waals surface area contributed by atoms with E-state index in [-0.39, 0.29) is 18.2 Å². The number of carbonyl (C=O) groups is 2. The molecule has 6 nitrogen and oxygen atoms in total. The summed E-state index contributed by atoms with van der Waals surface area (Å²) in [5, 5.41) is 2.84. The molecule has 0 bridgehead atoms. The number of benzene rings is 1. The van der Waals surface area contributed by atoms with E-state index >= 15 is 0 Å². The predicted molar refractivity (Wildman–Crippen MR) is 86.3 cm³/mol. The van der Waals surface area contributed by atoms with Gasteiger partial charge in [0.25, 0.3) is 0 Å². The standard InChI is InChI=1S/C17H17N3O3/c1-23-15-7-3-2-6-14(15)19-17(22)12-9-16(21)20(11-12)13-5-4-8-18-10-13/h2-8,10,12H,9,11H2,1H3,(H,19,22). The van der Waals surface area contributed by atoms with Gasteiger partial charge in [-0.3, -0.25) is 14.6 Å². The lowest BCUT2D eigenvalue weighted by Gasteiger charge is -2.16. The molecule has 0 spiro atoms. The number of rotatable bonds is 4. The fourth-order valence-corrected chi connectivity index (χ4v) is 2.63. The Morgan fingerprint density at radius 2 is 2.13 bits per heavy atom. The van der Waals surface area contributed by atoms with Crippen molar-refractivity contribution in [3.63, 3.8) is 0 Å². The number of nitrogens with one attached hydrogen (secondary N) is 1. The number of aromatic nitrogens is 1. The van der Waals surface area contributed by atoms with Crippen molar-refractivity contribution in [2.75, 3.05) is 23.9 Å². The molecule has 6 heteroatoms. The van der Waals surface area contributed by atoms with Crippen molar-refractivity contribution < 1.29 is 14.3 Å². The van der Waals surface area contributed by atoms with Crippen molar-refractivity contribution in [2.45, 2.75) is 6.42 Å². The molecule has 1 atom stereocenters. The van der Waals surface area contributed by atoms with Crippen LogP contribution < -0.4 is 15.0 Å². The maximum absolute atomic E-state index is 12.4. The molecule has 1 fully saturated rings. The topological polar surface area (TPSA) is 71.5 Å². The number of hydrogen-bond acceptors (Lipinski definition) is 4. The second kappa shape index (κ2) is 6.48. The quantitative estimate of drug-likeness (QED) is 0.938. The molecule has 0 saturated carbocycles. The Kier molecular flexibility index (Phi) is 4.23. The fourth-order valence-electron chi connectivity index (χ4n) is 2.63. The third kappa shape index (κ3) is 3.15. The molecule has 1 aromatic carbocycles. The lowest BCUT2D eigenvalue weighted by Crippen LogP contribution is -2.28. The first-order chi connectivity index (χ1) is 11.2. The maximum atomic E-state index is 12.4. The van der Waals surface area contributed by atoms with Gasteiger partial charge in [0.1, 0.15) is 5.75 Å². The summed E-state index contributed by atoms with van der Waals surface area (Å²) >= 11 is 0. The highest BCUT2D eigenvalue weighted by atomic mass is 16.5. The molecule has 1 aliphatic heterocycles. The molecule has 2 aromatic rings. The van der Waals surface area contributed by atoms with E-state index in [1.807, 2.05) is 18.2 Å². The van der Waals surface area contributed by atoms with E-state index in [1.54, 1.807) is 42.6 Å². The number of carbonyl (C=O) groups excluding carboxylic acids is 2. The third-order valence-electron chi connectivity index (χ3n) is 3.82. The van der Waals surface area contributed by atoms with Crippen molar-refractivity contribution in [3.8, 4) is 5.75 Å². The SMILES string of the molecule is COc1ccccc1NC(=O)C1CC(=O)N(c2cccnc2)C1. The van der Waals surface area contributed by atoms with Crippen LogP contribution in [0.3, 0.4) is 0 Å². The molecular weight excluding hydrogens is 294 g/mol. The molecule has 1 N–H and O–H groups in total. The van der Waals surface area contributed by atoms with Crippen LogP contribution in [0.15, 0.2) is 48.8 Å². The zero-order valence-electron chi connectivity index (χ0n) is 12.7. The van der Waals surface area contributed by atoms with Gasteiger partial charge in [0.15, 0.2) is 0 Å². The van der Waals surface area contributed by atoms with E-state index in [4.69, 9.17) is 4.74 Å². The summed E-state index contributed by atoms with van der Waals surface area (Å²) < 4.78 is 5.22. The smallest absolute Gasteiger partial charge is 0.229 e.